The molecule has 124 valence electrons. The summed E-state index contributed by atoms with van der Waals surface area (Å²) in [6, 6.07) is 0. The number of nitrogens with one attached hydrogen (secondary N) is 1. The standard InChI is InChI=1S/C15H26N4O2S/c1-5-6-19-14(21)16-17-15(19)22-12(4)13(20)18-8-10(2)7-11(3)9-18/h10-12H,5-9H2,1-4H3,(H,16,21)/t10-,11+,12-/m0/s1. The monoisotopic (exact) mass is 326 g/mol. The van der Waals surface area contributed by atoms with Gasteiger partial charge in [0, 0.05) is 19.6 Å². The highest BCUT2D eigenvalue weighted by Crippen LogP contribution is 2.26. The van der Waals surface area contributed by atoms with E-state index in [1.807, 2.05) is 18.7 Å². The summed E-state index contributed by atoms with van der Waals surface area (Å²) in [4.78, 5) is 26.3. The molecule has 0 aliphatic carbocycles. The minimum Gasteiger partial charge on any atom is -0.341 e. The van der Waals surface area contributed by atoms with E-state index in [1.54, 1.807) is 4.57 Å². The van der Waals surface area contributed by atoms with Crippen LogP contribution in [0, 0.1) is 11.8 Å². The average molecular weight is 326 g/mol. The minimum atomic E-state index is -0.233. The molecule has 0 bridgehead atoms. The molecule has 1 amide bonds. The van der Waals surface area contributed by atoms with Gasteiger partial charge in [0.25, 0.3) is 0 Å². The van der Waals surface area contributed by atoms with Crippen LogP contribution < -0.4 is 5.69 Å². The fourth-order valence-corrected chi connectivity index (χ4v) is 4.09. The summed E-state index contributed by atoms with van der Waals surface area (Å²) < 4.78 is 1.61. The van der Waals surface area contributed by atoms with E-state index in [1.165, 1.54) is 18.2 Å². The summed E-state index contributed by atoms with van der Waals surface area (Å²) in [5.74, 6) is 1.24. The number of hydrogen-bond donors (Lipinski definition) is 1. The topological polar surface area (TPSA) is 71.0 Å². The van der Waals surface area contributed by atoms with Gasteiger partial charge in [0.1, 0.15) is 0 Å². The van der Waals surface area contributed by atoms with E-state index >= 15 is 0 Å². The third-order valence-corrected chi connectivity index (χ3v) is 5.06. The van der Waals surface area contributed by atoms with Crippen LogP contribution in [0.3, 0.4) is 0 Å². The maximum atomic E-state index is 12.6. The first-order valence-corrected chi connectivity index (χ1v) is 8.91. The lowest BCUT2D eigenvalue weighted by molar-refractivity contribution is -0.132. The first-order valence-electron chi connectivity index (χ1n) is 8.03. The molecule has 0 saturated carbocycles. The Kier molecular flexibility index (Phi) is 5.72. The molecule has 7 heteroatoms. The van der Waals surface area contributed by atoms with Gasteiger partial charge in [0.05, 0.1) is 5.25 Å². The number of rotatable bonds is 5. The number of aromatic amines is 1. The van der Waals surface area contributed by atoms with Crippen molar-refractivity contribution in [3.05, 3.63) is 10.5 Å². The molecule has 6 nitrogen and oxygen atoms in total. The van der Waals surface area contributed by atoms with Crippen molar-refractivity contribution >= 4 is 17.7 Å². The fourth-order valence-electron chi connectivity index (χ4n) is 3.12. The number of nitrogens with zero attached hydrogens (tertiary/aromatic N) is 3. The predicted molar refractivity (Wildman–Crippen MR) is 88.0 cm³/mol. The number of aromatic nitrogens is 3. The van der Waals surface area contributed by atoms with E-state index in [0.29, 0.717) is 23.5 Å². The summed E-state index contributed by atoms with van der Waals surface area (Å²) in [5.41, 5.74) is -0.204. The molecule has 1 saturated heterocycles. The van der Waals surface area contributed by atoms with Crippen LogP contribution in [0.5, 0.6) is 0 Å². The summed E-state index contributed by atoms with van der Waals surface area (Å²) in [7, 11) is 0. The van der Waals surface area contributed by atoms with E-state index in [-0.39, 0.29) is 16.8 Å². The number of likely N-dealkylation sites (tertiary alicyclic amines) is 1. The minimum absolute atomic E-state index is 0.141. The summed E-state index contributed by atoms with van der Waals surface area (Å²) in [6.45, 7) is 10.6. The molecule has 22 heavy (non-hydrogen) atoms. The van der Waals surface area contributed by atoms with Crippen molar-refractivity contribution in [1.29, 1.82) is 0 Å². The Morgan fingerprint density at radius 2 is 2.05 bits per heavy atom. The van der Waals surface area contributed by atoms with Crippen molar-refractivity contribution in [3.8, 4) is 0 Å². The lowest BCUT2D eigenvalue weighted by atomic mass is 9.92. The molecule has 2 rings (SSSR count). The zero-order chi connectivity index (χ0) is 16.3. The van der Waals surface area contributed by atoms with Gasteiger partial charge < -0.3 is 4.90 Å². The molecule has 0 unspecified atom stereocenters. The molecule has 1 fully saturated rings. The third kappa shape index (κ3) is 3.94. The number of thioether (sulfide) groups is 1. The highest BCUT2D eigenvalue weighted by molar-refractivity contribution is 8.00. The van der Waals surface area contributed by atoms with Gasteiger partial charge in [0.15, 0.2) is 5.16 Å². The highest BCUT2D eigenvalue weighted by Gasteiger charge is 2.29. The molecule has 1 aromatic rings. The van der Waals surface area contributed by atoms with E-state index < -0.39 is 0 Å². The number of carbonyl (C=O) groups is 1. The summed E-state index contributed by atoms with van der Waals surface area (Å²) >= 11 is 1.36. The van der Waals surface area contributed by atoms with E-state index in [9.17, 15) is 9.59 Å². The second kappa shape index (κ2) is 7.35. The molecular weight excluding hydrogens is 300 g/mol. The van der Waals surface area contributed by atoms with Gasteiger partial charge in [-0.1, -0.05) is 32.5 Å². The van der Waals surface area contributed by atoms with Gasteiger partial charge in [-0.25, -0.2) is 9.89 Å². The summed E-state index contributed by atoms with van der Waals surface area (Å²) in [6.07, 6.45) is 2.04. The van der Waals surface area contributed by atoms with Crippen LogP contribution in [-0.4, -0.2) is 43.9 Å². The molecule has 0 aromatic carbocycles. The van der Waals surface area contributed by atoms with Crippen LogP contribution >= 0.6 is 11.8 Å². The van der Waals surface area contributed by atoms with Crippen LogP contribution in [0.15, 0.2) is 9.95 Å². The molecule has 0 radical (unpaired) electrons. The number of carbonyl (C=O) groups excluding carboxylic acids is 1. The second-order valence-electron chi connectivity index (χ2n) is 6.41. The zero-order valence-electron chi connectivity index (χ0n) is 13.8. The smallest absolute Gasteiger partial charge is 0.341 e. The molecule has 1 N–H and O–H groups in total. The molecular formula is C15H26N4O2S. The van der Waals surface area contributed by atoms with Crippen molar-refractivity contribution in [2.24, 2.45) is 11.8 Å². The Hall–Kier alpha value is -1.24. The van der Waals surface area contributed by atoms with E-state index in [2.05, 4.69) is 24.0 Å². The Morgan fingerprint density at radius 1 is 1.41 bits per heavy atom. The van der Waals surface area contributed by atoms with E-state index in [0.717, 1.165) is 19.5 Å². The maximum Gasteiger partial charge on any atom is 0.343 e. The van der Waals surface area contributed by atoms with Gasteiger partial charge in [-0.3, -0.25) is 9.36 Å². The predicted octanol–water partition coefficient (Wildman–Crippen LogP) is 1.97. The third-order valence-electron chi connectivity index (χ3n) is 3.98. The molecule has 3 atom stereocenters. The van der Waals surface area contributed by atoms with Gasteiger partial charge in [0.2, 0.25) is 5.91 Å². The molecule has 1 aliphatic heterocycles. The van der Waals surface area contributed by atoms with Crippen LogP contribution in [-0.2, 0) is 11.3 Å². The summed E-state index contributed by atoms with van der Waals surface area (Å²) in [5, 5.41) is 6.89. The van der Waals surface area contributed by atoms with Crippen molar-refractivity contribution in [2.75, 3.05) is 13.1 Å². The Labute approximate surface area is 135 Å². The van der Waals surface area contributed by atoms with Crippen LogP contribution in [0.2, 0.25) is 0 Å². The number of piperidine rings is 1. The number of H-pyrrole nitrogens is 1. The first kappa shape index (κ1) is 17.1. The Balaban J connectivity index is 2.04. The SMILES string of the molecule is CCCn1c(S[C@@H](C)C(=O)N2C[C@H](C)C[C@H](C)C2)n[nH]c1=O. The molecule has 1 aliphatic rings. The van der Waals surface area contributed by atoms with E-state index in [4.69, 9.17) is 0 Å². The zero-order valence-corrected chi connectivity index (χ0v) is 14.7. The molecule has 1 aromatic heterocycles. The van der Waals surface area contributed by atoms with Gasteiger partial charge in [-0.05, 0) is 31.6 Å². The maximum absolute atomic E-state index is 12.6. The fraction of sp³-hybridized carbons (Fsp3) is 0.800. The lowest BCUT2D eigenvalue weighted by Gasteiger charge is -2.36. The van der Waals surface area contributed by atoms with Crippen LogP contribution in [0.25, 0.3) is 0 Å². The largest absolute Gasteiger partial charge is 0.343 e. The number of amides is 1. The van der Waals surface area contributed by atoms with Gasteiger partial charge in [-0.15, -0.1) is 5.10 Å². The number of hydrogen-bond acceptors (Lipinski definition) is 4. The van der Waals surface area contributed by atoms with Gasteiger partial charge in [-0.2, -0.15) is 0 Å². The van der Waals surface area contributed by atoms with Gasteiger partial charge >= 0.3 is 5.69 Å². The molecule has 0 spiro atoms. The first-order chi connectivity index (χ1) is 10.4. The van der Waals surface area contributed by atoms with Crippen LogP contribution in [0.1, 0.15) is 40.5 Å². The second-order valence-corrected chi connectivity index (χ2v) is 7.72. The molecule has 2 heterocycles. The van der Waals surface area contributed by atoms with Crippen molar-refractivity contribution in [1.82, 2.24) is 19.7 Å². The van der Waals surface area contributed by atoms with Crippen molar-refractivity contribution < 1.29 is 4.79 Å². The highest BCUT2D eigenvalue weighted by atomic mass is 32.2. The quantitative estimate of drug-likeness (QED) is 0.840. The average Bonchev–Trinajstić information content (AvgIpc) is 2.79. The normalized spacial score (nSPS) is 23.5. The lowest BCUT2D eigenvalue weighted by Crippen LogP contribution is -2.45. The Bertz CT molecular complexity index is 558. The van der Waals surface area contributed by atoms with Crippen molar-refractivity contribution in [3.63, 3.8) is 0 Å². The Morgan fingerprint density at radius 3 is 2.64 bits per heavy atom. The van der Waals surface area contributed by atoms with Crippen molar-refractivity contribution in [2.45, 2.75) is 57.5 Å². The van der Waals surface area contributed by atoms with Crippen LogP contribution in [0.4, 0.5) is 0 Å².